The summed E-state index contributed by atoms with van der Waals surface area (Å²) in [7, 11) is -3.73. The molecule has 0 heterocycles. The Morgan fingerprint density at radius 1 is 1.40 bits per heavy atom. The van der Waals surface area contributed by atoms with Gasteiger partial charge in [0, 0.05) is 24.2 Å². The van der Waals surface area contributed by atoms with E-state index in [1.807, 2.05) is 0 Å². The Hall–Kier alpha value is -1.51. The van der Waals surface area contributed by atoms with E-state index < -0.39 is 20.5 Å². The quantitative estimate of drug-likeness (QED) is 0.600. The van der Waals surface area contributed by atoms with Gasteiger partial charge in [0.2, 0.25) is 10.0 Å². The van der Waals surface area contributed by atoms with Gasteiger partial charge in [0.1, 0.15) is 0 Å². The number of nitro groups is 1. The third kappa shape index (κ3) is 2.97. The Balaban J connectivity index is 2.23. The van der Waals surface area contributed by atoms with Crippen molar-refractivity contribution in [3.63, 3.8) is 0 Å². The third-order valence-electron chi connectivity index (χ3n) is 3.63. The maximum Gasteiger partial charge on any atom is 0.269 e. The van der Waals surface area contributed by atoms with E-state index in [4.69, 9.17) is 5.73 Å². The topological polar surface area (TPSA) is 115 Å². The lowest BCUT2D eigenvalue weighted by molar-refractivity contribution is -0.384. The van der Waals surface area contributed by atoms with E-state index in [0.29, 0.717) is 0 Å². The van der Waals surface area contributed by atoms with Crippen molar-refractivity contribution in [3.8, 4) is 0 Å². The lowest BCUT2D eigenvalue weighted by Gasteiger charge is -2.29. The summed E-state index contributed by atoms with van der Waals surface area (Å²) >= 11 is 0. The first-order chi connectivity index (χ1) is 9.28. The Morgan fingerprint density at radius 3 is 2.35 bits per heavy atom. The van der Waals surface area contributed by atoms with Crippen molar-refractivity contribution < 1.29 is 13.3 Å². The van der Waals surface area contributed by atoms with Crippen LogP contribution in [0.4, 0.5) is 5.69 Å². The molecule has 0 unspecified atom stereocenters. The summed E-state index contributed by atoms with van der Waals surface area (Å²) in [4.78, 5) is 9.99. The molecule has 1 aliphatic rings. The van der Waals surface area contributed by atoms with Gasteiger partial charge >= 0.3 is 0 Å². The molecule has 0 spiro atoms. The van der Waals surface area contributed by atoms with Crippen LogP contribution >= 0.6 is 0 Å². The van der Waals surface area contributed by atoms with Gasteiger partial charge in [0.05, 0.1) is 9.82 Å². The molecule has 0 aliphatic heterocycles. The third-order valence-corrected chi connectivity index (χ3v) is 5.26. The lowest BCUT2D eigenvalue weighted by Crippen LogP contribution is -2.52. The number of sulfonamides is 1. The Bertz CT molecular complexity index is 610. The minimum atomic E-state index is -3.73. The van der Waals surface area contributed by atoms with Crippen LogP contribution in [0.5, 0.6) is 0 Å². The highest BCUT2D eigenvalue weighted by Gasteiger charge is 2.43. The van der Waals surface area contributed by atoms with Crippen LogP contribution in [-0.4, -0.2) is 25.4 Å². The summed E-state index contributed by atoms with van der Waals surface area (Å²) in [5.41, 5.74) is 4.87. The molecule has 0 saturated heterocycles. The molecule has 1 aromatic rings. The Kier molecular flexibility index (Phi) is 3.81. The second kappa shape index (κ2) is 5.12. The lowest BCUT2D eigenvalue weighted by atomic mass is 9.98. The molecule has 2 rings (SSSR count). The van der Waals surface area contributed by atoms with E-state index in [9.17, 15) is 18.5 Å². The van der Waals surface area contributed by atoms with E-state index in [1.165, 1.54) is 24.3 Å². The molecule has 1 aliphatic carbocycles. The zero-order valence-electron chi connectivity index (χ0n) is 11.1. The van der Waals surface area contributed by atoms with E-state index in [0.717, 1.165) is 12.8 Å². The number of non-ortho nitro benzene ring substituents is 1. The van der Waals surface area contributed by atoms with Crippen LogP contribution < -0.4 is 10.5 Å². The van der Waals surface area contributed by atoms with Crippen molar-refractivity contribution in [1.29, 1.82) is 0 Å². The molecule has 0 bridgehead atoms. The molecular weight excluding hydrogens is 282 g/mol. The van der Waals surface area contributed by atoms with Crippen molar-refractivity contribution in [2.75, 3.05) is 6.54 Å². The van der Waals surface area contributed by atoms with Crippen molar-refractivity contribution in [2.24, 2.45) is 11.7 Å². The van der Waals surface area contributed by atoms with Crippen molar-refractivity contribution in [3.05, 3.63) is 34.4 Å². The predicted octanol–water partition coefficient (Wildman–Crippen LogP) is 1.00. The molecule has 3 N–H and O–H groups in total. The minimum Gasteiger partial charge on any atom is -0.329 e. The molecule has 1 aromatic carbocycles. The smallest absolute Gasteiger partial charge is 0.269 e. The zero-order chi connectivity index (χ0) is 15.0. The normalized spacial score (nSPS) is 18.5. The summed E-state index contributed by atoms with van der Waals surface area (Å²) < 4.78 is 27.2. The fraction of sp³-hybridized carbons (Fsp3) is 0.500. The number of hydrogen-bond acceptors (Lipinski definition) is 5. The largest absolute Gasteiger partial charge is 0.329 e. The number of benzene rings is 1. The van der Waals surface area contributed by atoms with Gasteiger partial charge < -0.3 is 5.73 Å². The van der Waals surface area contributed by atoms with Crippen LogP contribution in [-0.2, 0) is 10.0 Å². The van der Waals surface area contributed by atoms with Gasteiger partial charge in [-0.1, -0.05) is 0 Å². The highest BCUT2D eigenvalue weighted by molar-refractivity contribution is 7.89. The van der Waals surface area contributed by atoms with E-state index >= 15 is 0 Å². The predicted molar refractivity (Wildman–Crippen MR) is 73.6 cm³/mol. The summed E-state index contributed by atoms with van der Waals surface area (Å²) in [6.45, 7) is 2.00. The van der Waals surface area contributed by atoms with E-state index in [1.54, 1.807) is 6.92 Å². The molecule has 1 atom stereocenters. The van der Waals surface area contributed by atoms with Crippen LogP contribution in [0, 0.1) is 16.0 Å². The summed E-state index contributed by atoms with van der Waals surface area (Å²) in [5.74, 6) is 0.250. The maximum atomic E-state index is 12.3. The van der Waals surface area contributed by atoms with Gasteiger partial charge in [-0.15, -0.1) is 0 Å². The van der Waals surface area contributed by atoms with Crippen molar-refractivity contribution >= 4 is 15.7 Å². The molecule has 8 heteroatoms. The average Bonchev–Trinajstić information content (AvgIpc) is 3.23. The fourth-order valence-corrected chi connectivity index (χ4v) is 3.60. The van der Waals surface area contributed by atoms with Gasteiger partial charge in [0.25, 0.3) is 5.69 Å². The molecule has 1 fully saturated rings. The molecule has 20 heavy (non-hydrogen) atoms. The highest BCUT2D eigenvalue weighted by Crippen LogP contribution is 2.39. The molecular formula is C12H17N3O4S. The summed E-state index contributed by atoms with van der Waals surface area (Å²) in [6.07, 6.45) is 1.91. The molecule has 7 nitrogen and oxygen atoms in total. The minimum absolute atomic E-state index is 0.00317. The highest BCUT2D eigenvalue weighted by atomic mass is 32.2. The van der Waals surface area contributed by atoms with Gasteiger partial charge in [-0.05, 0) is 37.8 Å². The first kappa shape index (κ1) is 14.9. The number of nitrogens with zero attached hydrogens (tertiary/aromatic N) is 1. The standard InChI is InChI=1S/C12H17N3O4S/c1-12(8-13,9-2-3-9)14-20(18,19)11-6-4-10(5-7-11)15(16)17/h4-7,9,14H,2-3,8,13H2,1H3/t12-/m0/s1. The van der Waals surface area contributed by atoms with Gasteiger partial charge in [-0.2, -0.15) is 0 Å². The van der Waals surface area contributed by atoms with Crippen LogP contribution in [0.25, 0.3) is 0 Å². The second-order valence-corrected chi connectivity index (χ2v) is 6.93. The van der Waals surface area contributed by atoms with Crippen LogP contribution in [0.1, 0.15) is 19.8 Å². The first-order valence-electron chi connectivity index (χ1n) is 6.27. The number of hydrogen-bond donors (Lipinski definition) is 2. The van der Waals surface area contributed by atoms with Crippen molar-refractivity contribution in [2.45, 2.75) is 30.2 Å². The van der Waals surface area contributed by atoms with Crippen LogP contribution in [0.3, 0.4) is 0 Å². The monoisotopic (exact) mass is 299 g/mol. The molecule has 110 valence electrons. The van der Waals surface area contributed by atoms with Gasteiger partial charge in [-0.25, -0.2) is 13.1 Å². The molecule has 0 amide bonds. The first-order valence-corrected chi connectivity index (χ1v) is 7.75. The second-order valence-electron chi connectivity index (χ2n) is 5.25. The molecule has 0 aromatic heterocycles. The average molecular weight is 299 g/mol. The summed E-state index contributed by atoms with van der Waals surface area (Å²) in [5, 5.41) is 10.6. The van der Waals surface area contributed by atoms with Crippen LogP contribution in [0.15, 0.2) is 29.2 Å². The number of nitrogens with two attached hydrogens (primary N) is 1. The van der Waals surface area contributed by atoms with E-state index in [-0.39, 0.29) is 23.0 Å². The number of rotatable bonds is 6. The Labute approximate surface area is 117 Å². The zero-order valence-corrected chi connectivity index (χ0v) is 11.9. The number of nitro benzene ring substituents is 1. The number of nitrogens with one attached hydrogen (secondary N) is 1. The van der Waals surface area contributed by atoms with Crippen LogP contribution in [0.2, 0.25) is 0 Å². The molecule has 0 radical (unpaired) electrons. The fourth-order valence-electron chi connectivity index (χ4n) is 2.13. The SMILES string of the molecule is C[C@@](CN)(NS(=O)(=O)c1ccc([N+](=O)[O-])cc1)C1CC1. The molecule has 1 saturated carbocycles. The van der Waals surface area contributed by atoms with Gasteiger partial charge in [0.15, 0.2) is 0 Å². The van der Waals surface area contributed by atoms with E-state index in [2.05, 4.69) is 4.72 Å². The maximum absolute atomic E-state index is 12.3. The van der Waals surface area contributed by atoms with Gasteiger partial charge in [-0.3, -0.25) is 10.1 Å². The van der Waals surface area contributed by atoms with Crippen molar-refractivity contribution in [1.82, 2.24) is 4.72 Å². The summed E-state index contributed by atoms with van der Waals surface area (Å²) in [6, 6.07) is 4.80. The Morgan fingerprint density at radius 2 is 1.95 bits per heavy atom.